The zero-order valence-electron chi connectivity index (χ0n) is 23.0. The molecule has 0 radical (unpaired) electrons. The number of fused-ring (bicyclic) bond motifs is 3. The minimum absolute atomic E-state index is 0.937. The molecule has 0 fully saturated rings. The molecule has 0 saturated carbocycles. The standard InChI is InChI=1S/C40H26N2/c1-2-5-26(6-3-1)35-23-19-31-15-16-32-20-24-36(42-40(32)39(31)41-35)27-11-9-25(10-12-27)33-21-17-30-14-13-28-7-4-8-29-18-22-34(33)38(30)37(28)29/h1-7,9-21,23-24H,8,22H2. The van der Waals surface area contributed by atoms with Crippen molar-refractivity contribution < 1.29 is 0 Å². The Morgan fingerprint density at radius 1 is 0.500 bits per heavy atom. The summed E-state index contributed by atoms with van der Waals surface area (Å²) in [5.74, 6) is 0. The Kier molecular flexibility index (Phi) is 5.06. The highest BCUT2D eigenvalue weighted by Gasteiger charge is 2.22. The van der Waals surface area contributed by atoms with Crippen molar-refractivity contribution in [2.75, 3.05) is 0 Å². The Morgan fingerprint density at radius 3 is 1.86 bits per heavy atom. The Balaban J connectivity index is 1.13. The van der Waals surface area contributed by atoms with Crippen LogP contribution in [0.2, 0.25) is 0 Å². The summed E-state index contributed by atoms with van der Waals surface area (Å²) in [4.78, 5) is 10.2. The van der Waals surface area contributed by atoms with E-state index in [1.165, 1.54) is 44.2 Å². The maximum absolute atomic E-state index is 5.16. The molecule has 0 atom stereocenters. The van der Waals surface area contributed by atoms with Crippen molar-refractivity contribution in [3.05, 3.63) is 144 Å². The average Bonchev–Trinajstić information content (AvgIpc) is 3.07. The van der Waals surface area contributed by atoms with Crippen LogP contribution in [0.15, 0.2) is 127 Å². The number of nitrogens with zero attached hydrogens (tertiary/aromatic N) is 2. The summed E-state index contributed by atoms with van der Waals surface area (Å²) in [6, 6.07) is 41.2. The van der Waals surface area contributed by atoms with E-state index in [9.17, 15) is 0 Å². The first kappa shape index (κ1) is 23.4. The second-order valence-electron chi connectivity index (χ2n) is 11.3. The molecule has 0 unspecified atom stereocenters. The number of rotatable bonds is 3. The molecule has 2 aliphatic carbocycles. The third kappa shape index (κ3) is 3.59. The van der Waals surface area contributed by atoms with E-state index in [2.05, 4.69) is 127 Å². The van der Waals surface area contributed by atoms with Crippen molar-refractivity contribution in [2.24, 2.45) is 0 Å². The van der Waals surface area contributed by atoms with Gasteiger partial charge in [0.15, 0.2) is 0 Å². The van der Waals surface area contributed by atoms with Crippen molar-refractivity contribution in [2.45, 2.75) is 12.8 Å². The molecule has 42 heavy (non-hydrogen) atoms. The van der Waals surface area contributed by atoms with E-state index in [1.807, 2.05) is 6.07 Å². The molecular formula is C40H26N2. The molecule has 2 nitrogen and oxygen atoms in total. The van der Waals surface area contributed by atoms with Gasteiger partial charge in [-0.1, -0.05) is 121 Å². The van der Waals surface area contributed by atoms with Gasteiger partial charge in [-0.05, 0) is 69.1 Å². The van der Waals surface area contributed by atoms with Gasteiger partial charge in [0, 0.05) is 21.9 Å². The molecule has 7 aromatic rings. The third-order valence-corrected chi connectivity index (χ3v) is 8.92. The Hall–Kier alpha value is -5.34. The molecule has 0 amide bonds. The molecule has 0 saturated heterocycles. The summed E-state index contributed by atoms with van der Waals surface area (Å²) < 4.78 is 0. The van der Waals surface area contributed by atoms with Crippen LogP contribution < -0.4 is 0 Å². The summed E-state index contributed by atoms with van der Waals surface area (Å²) in [7, 11) is 0. The summed E-state index contributed by atoms with van der Waals surface area (Å²) in [5, 5.41) is 4.96. The van der Waals surface area contributed by atoms with E-state index >= 15 is 0 Å². The van der Waals surface area contributed by atoms with Gasteiger partial charge in [0.2, 0.25) is 0 Å². The van der Waals surface area contributed by atoms with Gasteiger partial charge in [-0.25, -0.2) is 9.97 Å². The van der Waals surface area contributed by atoms with Gasteiger partial charge in [0.1, 0.15) is 0 Å². The molecule has 9 rings (SSSR count). The second-order valence-corrected chi connectivity index (χ2v) is 11.3. The molecule has 0 aliphatic heterocycles. The first-order valence-corrected chi connectivity index (χ1v) is 14.6. The fourth-order valence-corrected chi connectivity index (χ4v) is 6.82. The molecule has 2 heterocycles. The van der Waals surface area contributed by atoms with Crippen LogP contribution in [0.5, 0.6) is 0 Å². The predicted molar refractivity (Wildman–Crippen MR) is 176 cm³/mol. The quantitative estimate of drug-likeness (QED) is 0.211. The van der Waals surface area contributed by atoms with Crippen LogP contribution in [0.25, 0.3) is 77.9 Å². The molecular weight excluding hydrogens is 508 g/mol. The number of hydrogen-bond acceptors (Lipinski definition) is 2. The van der Waals surface area contributed by atoms with Crippen LogP contribution >= 0.6 is 0 Å². The van der Waals surface area contributed by atoms with E-state index < -0.39 is 0 Å². The van der Waals surface area contributed by atoms with E-state index in [4.69, 9.17) is 9.97 Å². The van der Waals surface area contributed by atoms with Gasteiger partial charge in [0.25, 0.3) is 0 Å². The van der Waals surface area contributed by atoms with E-state index in [0.717, 1.165) is 57.2 Å². The first-order valence-electron chi connectivity index (χ1n) is 14.6. The Labute approximate surface area is 244 Å². The highest BCUT2D eigenvalue weighted by atomic mass is 14.8. The highest BCUT2D eigenvalue weighted by Crippen LogP contribution is 2.43. The lowest BCUT2D eigenvalue weighted by Crippen LogP contribution is -2.04. The summed E-state index contributed by atoms with van der Waals surface area (Å²) in [5.41, 5.74) is 14.3. The van der Waals surface area contributed by atoms with Crippen molar-refractivity contribution >= 4 is 44.2 Å². The van der Waals surface area contributed by atoms with E-state index in [-0.39, 0.29) is 0 Å². The largest absolute Gasteiger partial charge is 0.245 e. The average molecular weight is 535 g/mol. The molecule has 2 aliphatic rings. The van der Waals surface area contributed by atoms with E-state index in [0.29, 0.717) is 0 Å². The topological polar surface area (TPSA) is 25.8 Å². The molecule has 0 spiro atoms. The van der Waals surface area contributed by atoms with Gasteiger partial charge < -0.3 is 0 Å². The summed E-state index contributed by atoms with van der Waals surface area (Å²) >= 11 is 0. The first-order chi connectivity index (χ1) is 20.8. The minimum atomic E-state index is 0.937. The fourth-order valence-electron chi connectivity index (χ4n) is 6.82. The van der Waals surface area contributed by atoms with Gasteiger partial charge in [0.05, 0.1) is 22.4 Å². The van der Waals surface area contributed by atoms with Crippen LogP contribution in [-0.2, 0) is 6.42 Å². The van der Waals surface area contributed by atoms with Crippen LogP contribution in [-0.4, -0.2) is 9.97 Å². The zero-order valence-corrected chi connectivity index (χ0v) is 23.0. The van der Waals surface area contributed by atoms with Gasteiger partial charge in [-0.15, -0.1) is 0 Å². The maximum atomic E-state index is 5.16. The number of aromatic nitrogens is 2. The van der Waals surface area contributed by atoms with Gasteiger partial charge in [-0.2, -0.15) is 0 Å². The SMILES string of the molecule is C1=Cc2ccc3ccc(-c4ccc(-c5ccc6ccc7ccc(-c8ccccc8)nc7c6n5)cc4)c4c3c2C(=CC4)C1. The molecule has 2 heteroatoms. The fraction of sp³-hybridized carbons (Fsp3) is 0.0500. The van der Waals surface area contributed by atoms with Crippen molar-refractivity contribution in [3.8, 4) is 33.6 Å². The van der Waals surface area contributed by atoms with Crippen molar-refractivity contribution in [1.82, 2.24) is 9.97 Å². The van der Waals surface area contributed by atoms with E-state index in [1.54, 1.807) is 0 Å². The van der Waals surface area contributed by atoms with Crippen LogP contribution in [0.3, 0.4) is 0 Å². The smallest absolute Gasteiger partial charge is 0.0972 e. The lowest BCUT2D eigenvalue weighted by molar-refractivity contribution is 1.23. The van der Waals surface area contributed by atoms with Gasteiger partial charge >= 0.3 is 0 Å². The molecule has 5 aromatic carbocycles. The molecule has 196 valence electrons. The zero-order chi connectivity index (χ0) is 27.6. The van der Waals surface area contributed by atoms with Crippen molar-refractivity contribution in [1.29, 1.82) is 0 Å². The number of pyridine rings is 2. The number of hydrogen-bond donors (Lipinski definition) is 0. The second kappa shape index (κ2) is 9.09. The number of allylic oxidation sites excluding steroid dienone is 3. The lowest BCUT2D eigenvalue weighted by atomic mass is 9.79. The Bertz CT molecular complexity index is 2270. The molecule has 0 bridgehead atoms. The minimum Gasteiger partial charge on any atom is -0.245 e. The van der Waals surface area contributed by atoms with Crippen LogP contribution in [0.1, 0.15) is 23.1 Å². The van der Waals surface area contributed by atoms with Crippen molar-refractivity contribution in [3.63, 3.8) is 0 Å². The molecule has 2 aromatic heterocycles. The normalized spacial score (nSPS) is 13.6. The summed E-state index contributed by atoms with van der Waals surface area (Å²) in [6.45, 7) is 0. The third-order valence-electron chi connectivity index (χ3n) is 8.92. The lowest BCUT2D eigenvalue weighted by Gasteiger charge is -2.25. The van der Waals surface area contributed by atoms with Crippen LogP contribution in [0, 0.1) is 0 Å². The monoisotopic (exact) mass is 534 g/mol. The number of benzene rings is 5. The Morgan fingerprint density at radius 2 is 1.12 bits per heavy atom. The van der Waals surface area contributed by atoms with Gasteiger partial charge in [-0.3, -0.25) is 0 Å². The predicted octanol–water partition coefficient (Wildman–Crippen LogP) is 10.3. The van der Waals surface area contributed by atoms with Crippen LogP contribution in [0.4, 0.5) is 0 Å². The highest BCUT2D eigenvalue weighted by molar-refractivity contribution is 6.06. The summed E-state index contributed by atoms with van der Waals surface area (Å²) in [6.07, 6.45) is 9.01. The maximum Gasteiger partial charge on any atom is 0.0972 e. The molecule has 0 N–H and O–H groups in total.